The largest absolute Gasteiger partial charge is 0.401 e. The molecule has 10 heteroatoms. The molecule has 44 heavy (non-hydrogen) atoms. The first-order chi connectivity index (χ1) is 21.2. The van der Waals surface area contributed by atoms with Crippen molar-refractivity contribution in [2.75, 3.05) is 32.9 Å². The molecule has 0 spiro atoms. The Labute approximate surface area is 267 Å². The van der Waals surface area contributed by atoms with Gasteiger partial charge < -0.3 is 31.5 Å². The maximum atomic E-state index is 14.2. The Morgan fingerprint density at radius 3 is 2.27 bits per heavy atom. The molecule has 1 aliphatic carbocycles. The monoisotopic (exact) mass is 624 g/mol. The highest BCUT2D eigenvalue weighted by molar-refractivity contribution is 8.07. The molecule has 0 radical (unpaired) electrons. The highest BCUT2D eigenvalue weighted by Crippen LogP contribution is 2.30. The fourth-order valence-electron chi connectivity index (χ4n) is 6.86. The topological polar surface area (TPSA) is 120 Å². The minimum Gasteiger partial charge on any atom is -0.401 e. The van der Waals surface area contributed by atoms with Crippen molar-refractivity contribution in [3.63, 3.8) is 0 Å². The van der Waals surface area contributed by atoms with Crippen LogP contribution in [0, 0.1) is 11.8 Å². The first kappa shape index (κ1) is 33.7. The maximum absolute atomic E-state index is 14.2. The Hall–Kier alpha value is -3.14. The van der Waals surface area contributed by atoms with E-state index in [0.717, 1.165) is 54.6 Å². The van der Waals surface area contributed by atoms with Crippen LogP contribution in [0.1, 0.15) is 82.8 Å². The third kappa shape index (κ3) is 8.52. The van der Waals surface area contributed by atoms with Gasteiger partial charge >= 0.3 is 0 Å². The van der Waals surface area contributed by atoms with Crippen molar-refractivity contribution < 1.29 is 14.4 Å². The average Bonchev–Trinajstić information content (AvgIpc) is 3.55. The number of rotatable bonds is 11. The zero-order valence-corrected chi connectivity index (χ0v) is 27.8. The van der Waals surface area contributed by atoms with Crippen LogP contribution in [0.4, 0.5) is 0 Å². The van der Waals surface area contributed by atoms with Gasteiger partial charge in [-0.15, -0.1) is 11.8 Å². The first-order valence-corrected chi connectivity index (χ1v) is 17.5. The van der Waals surface area contributed by atoms with Crippen molar-refractivity contribution in [3.05, 3.63) is 53.0 Å². The second-order valence-corrected chi connectivity index (χ2v) is 13.3. The lowest BCUT2D eigenvalue weighted by Crippen LogP contribution is -2.55. The average molecular weight is 625 g/mol. The predicted octanol–water partition coefficient (Wildman–Crippen LogP) is 4.16. The summed E-state index contributed by atoms with van der Waals surface area (Å²) in [5, 5.41) is 9.74. The van der Waals surface area contributed by atoms with E-state index in [0.29, 0.717) is 38.5 Å². The molecule has 3 amide bonds. The van der Waals surface area contributed by atoms with Gasteiger partial charge in [0.05, 0.1) is 0 Å². The number of likely N-dealkylation sites (tertiary alicyclic amines) is 2. The first-order valence-electron chi connectivity index (χ1n) is 16.3. The van der Waals surface area contributed by atoms with E-state index < -0.39 is 12.1 Å². The number of thioether (sulfide) groups is 1. The van der Waals surface area contributed by atoms with Crippen LogP contribution in [0.3, 0.4) is 0 Å². The molecule has 3 fully saturated rings. The molecule has 2 heterocycles. The zero-order chi connectivity index (χ0) is 31.6. The number of hydrogen-bond acceptors (Lipinski definition) is 7. The molecule has 5 N–H and O–H groups in total. The van der Waals surface area contributed by atoms with Crippen molar-refractivity contribution in [1.82, 2.24) is 25.8 Å². The zero-order valence-electron chi connectivity index (χ0n) is 27.0. The van der Waals surface area contributed by atoms with Gasteiger partial charge in [0.25, 0.3) is 0 Å². The molecular weight excluding hydrogens is 572 g/mol. The Balaban J connectivity index is 1.42. The molecule has 3 aliphatic rings. The summed E-state index contributed by atoms with van der Waals surface area (Å²) in [5.74, 6) is 0.320. The molecule has 1 aromatic carbocycles. The lowest BCUT2D eigenvalue weighted by molar-refractivity contribution is -0.141. The van der Waals surface area contributed by atoms with Crippen LogP contribution in [-0.4, -0.2) is 72.5 Å². The quantitative estimate of drug-likeness (QED) is 0.292. The van der Waals surface area contributed by atoms with Crippen molar-refractivity contribution in [2.24, 2.45) is 17.6 Å². The van der Waals surface area contributed by atoms with E-state index in [4.69, 9.17) is 5.73 Å². The number of amides is 3. The Morgan fingerprint density at radius 1 is 0.977 bits per heavy atom. The standard InChI is InChI=1S/C34H52N6O3S/c1-23(36-3)32(44-4)28-14-12-25(13-15-28)21-38-33(42)30-11-8-18-40(30)34(43)31(27-16-19-39(20-17-27)24(2)41)37-22-29(35)26-9-6-5-7-10-26/h12-15,22,26-27,30-31,36-37H,5-11,16-21,35H2,1-4H3,(H,38,42)/b29-22-,32-23-. The molecule has 2 atom stereocenters. The van der Waals surface area contributed by atoms with Crippen molar-refractivity contribution in [3.8, 4) is 0 Å². The van der Waals surface area contributed by atoms with Crippen LogP contribution in [-0.2, 0) is 20.9 Å². The van der Waals surface area contributed by atoms with Crippen LogP contribution in [0.2, 0.25) is 0 Å². The van der Waals surface area contributed by atoms with Crippen molar-refractivity contribution in [1.29, 1.82) is 0 Å². The molecule has 0 aromatic heterocycles. The molecule has 1 saturated carbocycles. The van der Waals surface area contributed by atoms with E-state index in [1.54, 1.807) is 23.6 Å². The summed E-state index contributed by atoms with van der Waals surface area (Å²) >= 11 is 1.70. The number of nitrogens with two attached hydrogens (primary N) is 1. The Bertz CT molecular complexity index is 1200. The summed E-state index contributed by atoms with van der Waals surface area (Å²) in [7, 11) is 1.92. The number of hydrogen-bond donors (Lipinski definition) is 4. The van der Waals surface area contributed by atoms with Crippen LogP contribution >= 0.6 is 11.8 Å². The van der Waals surface area contributed by atoms with Crippen molar-refractivity contribution >= 4 is 34.4 Å². The molecule has 1 aromatic rings. The number of piperidine rings is 1. The fraction of sp³-hybridized carbons (Fsp3) is 0.618. The number of nitrogens with one attached hydrogen (secondary N) is 3. The Morgan fingerprint density at radius 2 is 1.66 bits per heavy atom. The van der Waals surface area contributed by atoms with Crippen LogP contribution in [0.15, 0.2) is 41.9 Å². The van der Waals surface area contributed by atoms with E-state index in [1.165, 1.54) is 24.2 Å². The van der Waals surface area contributed by atoms with Crippen LogP contribution in [0.5, 0.6) is 0 Å². The summed E-state index contributed by atoms with van der Waals surface area (Å²) < 4.78 is 0. The molecule has 9 nitrogen and oxygen atoms in total. The van der Waals surface area contributed by atoms with Gasteiger partial charge in [0, 0.05) is 62.6 Å². The van der Waals surface area contributed by atoms with Gasteiger partial charge in [-0.25, -0.2) is 0 Å². The molecule has 2 aliphatic heterocycles. The molecular formula is C34H52N6O3S. The number of allylic oxidation sites excluding steroid dienone is 2. The second-order valence-electron chi connectivity index (χ2n) is 12.5. The smallest absolute Gasteiger partial charge is 0.246 e. The van der Waals surface area contributed by atoms with Gasteiger partial charge in [0.15, 0.2) is 0 Å². The fourth-order valence-corrected chi connectivity index (χ4v) is 7.64. The summed E-state index contributed by atoms with van der Waals surface area (Å²) in [4.78, 5) is 44.4. The SMILES string of the molecule is CN/C(C)=C(\SC)c1ccc(CNC(=O)C2CCCN2C(=O)C(N/C=C(\N)C2CCCCC2)C2CCN(C(C)=O)CC2)cc1. The van der Waals surface area contributed by atoms with E-state index in [-0.39, 0.29) is 23.6 Å². The predicted molar refractivity (Wildman–Crippen MR) is 179 cm³/mol. The van der Waals surface area contributed by atoms with E-state index in [2.05, 4.69) is 41.3 Å². The lowest BCUT2D eigenvalue weighted by Gasteiger charge is -2.37. The summed E-state index contributed by atoms with van der Waals surface area (Å²) in [6, 6.07) is 7.28. The molecule has 242 valence electrons. The minimum absolute atomic E-state index is 0.0442. The Kier molecular flexibility index (Phi) is 12.5. The highest BCUT2D eigenvalue weighted by Gasteiger charge is 2.40. The van der Waals surface area contributed by atoms with Gasteiger partial charge in [-0.2, -0.15) is 0 Å². The van der Waals surface area contributed by atoms with Gasteiger partial charge in [-0.05, 0) is 74.7 Å². The number of carbonyl (C=O) groups excluding carboxylic acids is 3. The van der Waals surface area contributed by atoms with E-state index in [1.807, 2.05) is 30.3 Å². The molecule has 4 rings (SSSR count). The minimum atomic E-state index is -0.493. The van der Waals surface area contributed by atoms with Crippen molar-refractivity contribution in [2.45, 2.75) is 90.3 Å². The number of benzene rings is 1. The molecule has 2 saturated heterocycles. The second kappa shape index (κ2) is 16.3. The van der Waals surface area contributed by atoms with E-state index >= 15 is 0 Å². The van der Waals surface area contributed by atoms with Gasteiger partial charge in [-0.1, -0.05) is 43.5 Å². The van der Waals surface area contributed by atoms with Crippen LogP contribution in [0.25, 0.3) is 4.91 Å². The van der Waals surface area contributed by atoms with Crippen LogP contribution < -0.4 is 21.7 Å². The van der Waals surface area contributed by atoms with Gasteiger partial charge in [0.2, 0.25) is 17.7 Å². The van der Waals surface area contributed by atoms with Gasteiger partial charge in [-0.3, -0.25) is 14.4 Å². The third-order valence-corrected chi connectivity index (χ3v) is 10.6. The summed E-state index contributed by atoms with van der Waals surface area (Å²) in [6.07, 6.45) is 12.6. The molecule has 0 bridgehead atoms. The molecule has 2 unspecified atom stereocenters. The van der Waals surface area contributed by atoms with Gasteiger partial charge in [0.1, 0.15) is 12.1 Å². The normalized spacial score (nSPS) is 21.5. The van der Waals surface area contributed by atoms with E-state index in [9.17, 15) is 14.4 Å². The lowest BCUT2D eigenvalue weighted by atomic mass is 9.86. The summed E-state index contributed by atoms with van der Waals surface area (Å²) in [5.41, 5.74) is 10.6. The maximum Gasteiger partial charge on any atom is 0.246 e. The summed E-state index contributed by atoms with van der Waals surface area (Å²) in [6.45, 7) is 5.91. The number of nitrogens with zero attached hydrogens (tertiary/aromatic N) is 2. The number of carbonyl (C=O) groups is 3. The third-order valence-electron chi connectivity index (χ3n) is 9.67. The highest BCUT2D eigenvalue weighted by atomic mass is 32.2.